The summed E-state index contributed by atoms with van der Waals surface area (Å²) < 4.78 is 27.3. The maximum Gasteiger partial charge on any atom is 0.228 e. The Kier molecular flexibility index (Phi) is 7.55. The number of sulfone groups is 1. The Bertz CT molecular complexity index is 819. The summed E-state index contributed by atoms with van der Waals surface area (Å²) in [7, 11) is -1.70. The van der Waals surface area contributed by atoms with Gasteiger partial charge in [-0.25, -0.2) is 13.4 Å². The lowest BCUT2D eigenvalue weighted by Gasteiger charge is -2.21. The second-order valence-electron chi connectivity index (χ2n) is 7.31. The van der Waals surface area contributed by atoms with Gasteiger partial charge in [0.05, 0.1) is 36.9 Å². The highest BCUT2D eigenvalue weighted by molar-refractivity contribution is 7.91. The molecule has 2 aromatic rings. The van der Waals surface area contributed by atoms with Crippen LogP contribution in [0.15, 0.2) is 41.7 Å². The van der Waals surface area contributed by atoms with E-state index in [9.17, 15) is 13.5 Å². The topological polar surface area (TPSA) is 95.7 Å². The van der Waals surface area contributed by atoms with Crippen molar-refractivity contribution in [3.05, 3.63) is 47.8 Å². The van der Waals surface area contributed by atoms with Gasteiger partial charge in [-0.1, -0.05) is 44.2 Å². The third kappa shape index (κ3) is 6.14. The van der Waals surface area contributed by atoms with Crippen molar-refractivity contribution in [2.24, 2.45) is 5.92 Å². The van der Waals surface area contributed by atoms with Crippen molar-refractivity contribution in [2.75, 3.05) is 26.0 Å². The van der Waals surface area contributed by atoms with E-state index in [2.05, 4.69) is 4.98 Å². The molecule has 1 aromatic heterocycles. The second kappa shape index (κ2) is 9.45. The standard InChI is InChI=1S/C19H29N3O4S/c1-15(2)14-27(25,26)19-20-9-17(11-21(3)12-18(24)13-23)22(19)10-16-7-5-4-6-8-16/h4-9,15,18,23-24H,10-14H2,1-3H3. The van der Waals surface area contributed by atoms with Crippen LogP contribution < -0.4 is 0 Å². The zero-order chi connectivity index (χ0) is 20.0. The maximum absolute atomic E-state index is 12.8. The Balaban J connectivity index is 2.36. The van der Waals surface area contributed by atoms with Gasteiger partial charge < -0.3 is 14.8 Å². The van der Waals surface area contributed by atoms with Gasteiger partial charge in [0.1, 0.15) is 0 Å². The van der Waals surface area contributed by atoms with Crippen molar-refractivity contribution in [3.63, 3.8) is 0 Å². The number of aliphatic hydroxyl groups excluding tert-OH is 2. The van der Waals surface area contributed by atoms with E-state index in [1.54, 1.807) is 17.8 Å². The summed E-state index contributed by atoms with van der Waals surface area (Å²) in [6.45, 7) is 4.51. The third-order valence-corrected chi connectivity index (χ3v) is 6.07. The van der Waals surface area contributed by atoms with E-state index in [0.717, 1.165) is 11.3 Å². The van der Waals surface area contributed by atoms with E-state index >= 15 is 0 Å². The summed E-state index contributed by atoms with van der Waals surface area (Å²) in [6.07, 6.45) is 0.738. The Labute approximate surface area is 161 Å². The molecule has 0 fully saturated rings. The molecule has 0 aliphatic carbocycles. The molecule has 0 amide bonds. The smallest absolute Gasteiger partial charge is 0.228 e. The number of aromatic nitrogens is 2. The number of nitrogens with zero attached hydrogens (tertiary/aromatic N) is 3. The minimum Gasteiger partial charge on any atom is -0.394 e. The molecule has 0 aliphatic heterocycles. The molecule has 8 heteroatoms. The van der Waals surface area contributed by atoms with Gasteiger partial charge in [0.25, 0.3) is 0 Å². The molecule has 0 bridgehead atoms. The van der Waals surface area contributed by atoms with Gasteiger partial charge in [0.2, 0.25) is 15.0 Å². The lowest BCUT2D eigenvalue weighted by Crippen LogP contribution is -2.31. The van der Waals surface area contributed by atoms with Crippen LogP contribution in [0.1, 0.15) is 25.1 Å². The molecule has 0 saturated heterocycles. The van der Waals surface area contributed by atoms with Crippen molar-refractivity contribution < 1.29 is 18.6 Å². The van der Waals surface area contributed by atoms with Crippen LogP contribution >= 0.6 is 0 Å². The summed E-state index contributed by atoms with van der Waals surface area (Å²) >= 11 is 0. The van der Waals surface area contributed by atoms with Crippen molar-refractivity contribution in [3.8, 4) is 0 Å². The van der Waals surface area contributed by atoms with Gasteiger partial charge in [-0.15, -0.1) is 0 Å². The van der Waals surface area contributed by atoms with Gasteiger partial charge in [-0.3, -0.25) is 4.90 Å². The molecule has 1 aromatic carbocycles. The predicted octanol–water partition coefficient (Wildman–Crippen LogP) is 1.15. The van der Waals surface area contributed by atoms with Crippen LogP contribution in [0, 0.1) is 5.92 Å². The minimum absolute atomic E-state index is 0.00250. The monoisotopic (exact) mass is 395 g/mol. The largest absolute Gasteiger partial charge is 0.394 e. The van der Waals surface area contributed by atoms with E-state index in [4.69, 9.17) is 5.11 Å². The molecule has 7 nitrogen and oxygen atoms in total. The average molecular weight is 396 g/mol. The van der Waals surface area contributed by atoms with Gasteiger partial charge in [-0.05, 0) is 18.5 Å². The van der Waals surface area contributed by atoms with E-state index in [-0.39, 0.29) is 30.0 Å². The number of benzene rings is 1. The van der Waals surface area contributed by atoms with Gasteiger partial charge in [0, 0.05) is 13.1 Å². The van der Waals surface area contributed by atoms with E-state index < -0.39 is 15.9 Å². The molecule has 0 spiro atoms. The van der Waals surface area contributed by atoms with Crippen LogP contribution in [0.4, 0.5) is 0 Å². The van der Waals surface area contributed by atoms with E-state index in [0.29, 0.717) is 13.1 Å². The fraction of sp³-hybridized carbons (Fsp3) is 0.526. The fourth-order valence-electron chi connectivity index (χ4n) is 2.97. The Morgan fingerprint density at radius 3 is 2.48 bits per heavy atom. The number of aliphatic hydroxyl groups is 2. The van der Waals surface area contributed by atoms with Crippen LogP contribution in [0.2, 0.25) is 0 Å². The molecule has 0 aliphatic rings. The number of imidazole rings is 1. The van der Waals surface area contributed by atoms with Crippen molar-refractivity contribution in [2.45, 2.75) is 38.2 Å². The molecule has 27 heavy (non-hydrogen) atoms. The summed E-state index contributed by atoms with van der Waals surface area (Å²) in [5.41, 5.74) is 1.73. The highest BCUT2D eigenvalue weighted by Gasteiger charge is 2.25. The van der Waals surface area contributed by atoms with Crippen molar-refractivity contribution in [1.29, 1.82) is 0 Å². The third-order valence-electron chi connectivity index (χ3n) is 4.08. The van der Waals surface area contributed by atoms with Crippen LogP contribution in [-0.2, 0) is 22.9 Å². The molecule has 0 radical (unpaired) electrons. The number of hydrogen-bond donors (Lipinski definition) is 2. The molecular weight excluding hydrogens is 366 g/mol. The first-order chi connectivity index (χ1) is 12.7. The highest BCUT2D eigenvalue weighted by atomic mass is 32.2. The Hall–Kier alpha value is -1.74. The van der Waals surface area contributed by atoms with Gasteiger partial charge >= 0.3 is 0 Å². The Morgan fingerprint density at radius 1 is 1.22 bits per heavy atom. The van der Waals surface area contributed by atoms with E-state index in [1.807, 2.05) is 49.1 Å². The molecule has 150 valence electrons. The van der Waals surface area contributed by atoms with E-state index in [1.165, 1.54) is 0 Å². The molecule has 0 saturated carbocycles. The van der Waals surface area contributed by atoms with Crippen LogP contribution in [0.25, 0.3) is 0 Å². The first-order valence-corrected chi connectivity index (χ1v) is 10.7. The molecule has 1 unspecified atom stereocenters. The normalized spacial score (nSPS) is 13.4. The number of hydrogen-bond acceptors (Lipinski definition) is 6. The van der Waals surface area contributed by atoms with Gasteiger partial charge in [-0.2, -0.15) is 0 Å². The lowest BCUT2D eigenvalue weighted by atomic mass is 10.2. The quantitative estimate of drug-likeness (QED) is 0.626. The molecule has 1 heterocycles. The van der Waals surface area contributed by atoms with Crippen LogP contribution in [-0.4, -0.2) is 65.1 Å². The maximum atomic E-state index is 12.8. The Morgan fingerprint density at radius 2 is 1.89 bits per heavy atom. The zero-order valence-corrected chi connectivity index (χ0v) is 16.9. The minimum atomic E-state index is -3.51. The van der Waals surface area contributed by atoms with Crippen LogP contribution in [0.5, 0.6) is 0 Å². The highest BCUT2D eigenvalue weighted by Crippen LogP contribution is 2.19. The first kappa shape index (κ1) is 21.6. The average Bonchev–Trinajstić information content (AvgIpc) is 2.97. The van der Waals surface area contributed by atoms with Crippen LogP contribution in [0.3, 0.4) is 0 Å². The number of rotatable bonds is 10. The number of likely N-dealkylation sites (N-methyl/N-ethyl adjacent to an activating group) is 1. The van der Waals surface area contributed by atoms with Crippen molar-refractivity contribution >= 4 is 9.84 Å². The lowest BCUT2D eigenvalue weighted by molar-refractivity contribution is 0.0642. The first-order valence-electron chi connectivity index (χ1n) is 9.01. The second-order valence-corrected chi connectivity index (χ2v) is 9.24. The fourth-order valence-corrected chi connectivity index (χ4v) is 4.73. The molecule has 2 N–H and O–H groups in total. The van der Waals surface area contributed by atoms with Gasteiger partial charge in [0.15, 0.2) is 0 Å². The summed E-state index contributed by atoms with van der Waals surface area (Å²) in [5.74, 6) is 0.0415. The summed E-state index contributed by atoms with van der Waals surface area (Å²) in [6, 6.07) is 9.64. The summed E-state index contributed by atoms with van der Waals surface area (Å²) in [4.78, 5) is 6.06. The molecule has 1 atom stereocenters. The SMILES string of the molecule is CC(C)CS(=O)(=O)c1ncc(CN(C)CC(O)CO)n1Cc1ccccc1. The van der Waals surface area contributed by atoms with Crippen molar-refractivity contribution in [1.82, 2.24) is 14.5 Å². The predicted molar refractivity (Wildman–Crippen MR) is 104 cm³/mol. The molecular formula is C19H29N3O4S. The molecule has 2 rings (SSSR count). The summed E-state index contributed by atoms with van der Waals surface area (Å²) in [5, 5.41) is 18.7. The zero-order valence-electron chi connectivity index (χ0n) is 16.1.